The van der Waals surface area contributed by atoms with E-state index in [4.69, 9.17) is 20.8 Å². The third-order valence-corrected chi connectivity index (χ3v) is 6.72. The van der Waals surface area contributed by atoms with Gasteiger partial charge in [-0.3, -0.25) is 19.5 Å². The number of Topliss-reactive ketones (excluding diaryl/α,β-unsaturated/α-hetero) is 1. The van der Waals surface area contributed by atoms with Gasteiger partial charge < -0.3 is 14.3 Å². The fourth-order valence-corrected chi connectivity index (χ4v) is 4.80. The Kier molecular flexibility index (Phi) is 6.34. The molecule has 1 N–H and O–H groups in total. The molecule has 0 fully saturated rings. The number of furan rings is 1. The number of benzene rings is 3. The average Bonchev–Trinajstić information content (AvgIpc) is 3.51. The number of aromatic nitrogens is 1. The number of nitrogens with zero attached hydrogens (tertiary/aromatic N) is 2. The van der Waals surface area contributed by atoms with Crippen LogP contribution in [0.25, 0.3) is 11.0 Å². The molecule has 0 spiro atoms. The first-order valence-corrected chi connectivity index (χ1v) is 12.6. The number of amides is 1. The van der Waals surface area contributed by atoms with Gasteiger partial charge in [0.2, 0.25) is 5.78 Å². The van der Waals surface area contributed by atoms with Crippen LogP contribution in [0.1, 0.15) is 27.9 Å². The molecule has 1 aliphatic rings. The molecule has 6 rings (SSSR count). The van der Waals surface area contributed by atoms with Crippen LogP contribution in [-0.2, 0) is 11.4 Å². The van der Waals surface area contributed by atoms with E-state index in [-0.39, 0.29) is 11.3 Å². The summed E-state index contributed by atoms with van der Waals surface area (Å²) in [5, 5.41) is 12.1. The minimum Gasteiger partial charge on any atom is -0.503 e. The summed E-state index contributed by atoms with van der Waals surface area (Å²) in [6.07, 6.45) is 1.57. The van der Waals surface area contributed by atoms with Crippen molar-refractivity contribution in [3.8, 4) is 5.75 Å². The third-order valence-electron chi connectivity index (χ3n) is 6.49. The van der Waals surface area contributed by atoms with Crippen LogP contribution in [-0.4, -0.2) is 21.8 Å². The highest BCUT2D eigenvalue weighted by molar-refractivity contribution is 6.31. The van der Waals surface area contributed by atoms with Gasteiger partial charge in [0.1, 0.15) is 24.0 Å². The SMILES string of the molecule is O=C(C1=C(O)C(=O)N(c2ccc(OCc3ccccc3)cc2)C1c1ccccn1)c1cc2cc(Cl)ccc2o1. The lowest BCUT2D eigenvalue weighted by atomic mass is 9.98. The molecule has 0 saturated carbocycles. The molecule has 0 saturated heterocycles. The summed E-state index contributed by atoms with van der Waals surface area (Å²) in [5.41, 5.74) is 2.25. The molecule has 192 valence electrons. The first-order chi connectivity index (χ1) is 19.0. The lowest BCUT2D eigenvalue weighted by molar-refractivity contribution is -0.117. The second kappa shape index (κ2) is 10.1. The van der Waals surface area contributed by atoms with Crippen LogP contribution in [0.4, 0.5) is 5.69 Å². The number of rotatable bonds is 7. The van der Waals surface area contributed by atoms with Gasteiger partial charge >= 0.3 is 0 Å². The van der Waals surface area contributed by atoms with Gasteiger partial charge in [-0.1, -0.05) is 48.0 Å². The van der Waals surface area contributed by atoms with E-state index in [1.165, 1.54) is 4.90 Å². The van der Waals surface area contributed by atoms with Crippen LogP contribution in [0.15, 0.2) is 119 Å². The maximum atomic E-state index is 13.7. The largest absolute Gasteiger partial charge is 0.503 e. The zero-order valence-electron chi connectivity index (χ0n) is 20.5. The lowest BCUT2D eigenvalue weighted by Gasteiger charge is -2.26. The van der Waals surface area contributed by atoms with E-state index in [9.17, 15) is 14.7 Å². The first-order valence-electron chi connectivity index (χ1n) is 12.2. The van der Waals surface area contributed by atoms with Crippen molar-refractivity contribution in [1.29, 1.82) is 0 Å². The zero-order valence-corrected chi connectivity index (χ0v) is 21.2. The van der Waals surface area contributed by atoms with E-state index >= 15 is 0 Å². The number of aliphatic hydroxyl groups excluding tert-OH is 1. The Morgan fingerprint density at radius 1 is 0.974 bits per heavy atom. The van der Waals surface area contributed by atoms with Crippen LogP contribution in [0.3, 0.4) is 0 Å². The highest BCUT2D eigenvalue weighted by Gasteiger charge is 2.46. The maximum Gasteiger partial charge on any atom is 0.294 e. The highest BCUT2D eigenvalue weighted by atomic mass is 35.5. The predicted octanol–water partition coefficient (Wildman–Crippen LogP) is 6.84. The summed E-state index contributed by atoms with van der Waals surface area (Å²) < 4.78 is 11.6. The molecule has 7 nitrogen and oxygen atoms in total. The molecule has 8 heteroatoms. The molecule has 1 unspecified atom stereocenters. The van der Waals surface area contributed by atoms with E-state index in [2.05, 4.69) is 4.98 Å². The number of hydrogen-bond acceptors (Lipinski definition) is 6. The minimum absolute atomic E-state index is 0.0194. The molecule has 1 atom stereocenters. The highest BCUT2D eigenvalue weighted by Crippen LogP contribution is 2.42. The van der Waals surface area contributed by atoms with Crippen LogP contribution < -0.4 is 9.64 Å². The van der Waals surface area contributed by atoms with E-state index in [0.717, 1.165) is 5.56 Å². The van der Waals surface area contributed by atoms with Gasteiger partial charge in [0, 0.05) is 22.3 Å². The van der Waals surface area contributed by atoms with Crippen molar-refractivity contribution in [2.24, 2.45) is 0 Å². The van der Waals surface area contributed by atoms with Crippen molar-refractivity contribution < 1.29 is 23.8 Å². The van der Waals surface area contributed by atoms with Gasteiger partial charge in [0.15, 0.2) is 11.5 Å². The fraction of sp³-hybridized carbons (Fsp3) is 0.0645. The predicted molar refractivity (Wildman–Crippen MR) is 147 cm³/mol. The molecule has 1 aliphatic heterocycles. The van der Waals surface area contributed by atoms with Crippen LogP contribution in [0, 0.1) is 0 Å². The molecular formula is C31H21ClN2O5. The van der Waals surface area contributed by atoms with Gasteiger partial charge in [-0.05, 0) is 66.2 Å². The first kappa shape index (κ1) is 24.5. The Morgan fingerprint density at radius 2 is 1.74 bits per heavy atom. The number of anilines is 1. The average molecular weight is 537 g/mol. The third kappa shape index (κ3) is 4.64. The van der Waals surface area contributed by atoms with Gasteiger partial charge in [0.05, 0.1) is 11.3 Å². The summed E-state index contributed by atoms with van der Waals surface area (Å²) in [6, 6.07) is 27.4. The molecule has 3 heterocycles. The number of carbonyl (C=O) groups is 2. The summed E-state index contributed by atoms with van der Waals surface area (Å²) >= 11 is 6.08. The minimum atomic E-state index is -0.973. The number of carbonyl (C=O) groups excluding carboxylic acids is 2. The Bertz CT molecular complexity index is 1710. The number of halogens is 1. The van der Waals surface area contributed by atoms with Crippen LogP contribution in [0.5, 0.6) is 5.75 Å². The summed E-state index contributed by atoms with van der Waals surface area (Å²) in [5.74, 6) is -1.40. The van der Waals surface area contributed by atoms with Crippen molar-refractivity contribution >= 4 is 39.9 Å². The Balaban J connectivity index is 1.34. The van der Waals surface area contributed by atoms with Gasteiger partial charge in [0.25, 0.3) is 5.91 Å². The molecule has 0 radical (unpaired) electrons. The van der Waals surface area contributed by atoms with Crippen molar-refractivity contribution in [3.63, 3.8) is 0 Å². The quantitative estimate of drug-likeness (QED) is 0.229. The Hall–Kier alpha value is -4.88. The summed E-state index contributed by atoms with van der Waals surface area (Å²) in [6.45, 7) is 0.392. The molecule has 2 aromatic heterocycles. The molecule has 3 aromatic carbocycles. The summed E-state index contributed by atoms with van der Waals surface area (Å²) in [4.78, 5) is 32.9. The van der Waals surface area contributed by atoms with Crippen molar-refractivity contribution in [1.82, 2.24) is 4.98 Å². The zero-order chi connectivity index (χ0) is 26.9. The van der Waals surface area contributed by atoms with Gasteiger partial charge in [-0.15, -0.1) is 0 Å². The lowest BCUT2D eigenvalue weighted by Crippen LogP contribution is -2.31. The maximum absolute atomic E-state index is 13.7. The summed E-state index contributed by atoms with van der Waals surface area (Å²) in [7, 11) is 0. The number of aliphatic hydroxyl groups is 1. The van der Waals surface area contributed by atoms with Crippen LogP contribution in [0.2, 0.25) is 5.02 Å². The number of ether oxygens (including phenoxy) is 1. The molecule has 1 amide bonds. The van der Waals surface area contributed by atoms with Gasteiger partial charge in [-0.2, -0.15) is 0 Å². The Morgan fingerprint density at radius 3 is 2.49 bits per heavy atom. The Labute approximate surface area is 228 Å². The number of hydrogen-bond donors (Lipinski definition) is 1. The van der Waals surface area contributed by atoms with Gasteiger partial charge in [-0.25, -0.2) is 0 Å². The van der Waals surface area contributed by atoms with E-state index in [1.54, 1.807) is 72.9 Å². The van der Waals surface area contributed by atoms with Crippen molar-refractivity contribution in [2.45, 2.75) is 12.6 Å². The van der Waals surface area contributed by atoms with Crippen LogP contribution >= 0.6 is 11.6 Å². The topological polar surface area (TPSA) is 92.9 Å². The second-order valence-corrected chi connectivity index (χ2v) is 9.42. The van der Waals surface area contributed by atoms with E-state index in [1.807, 2.05) is 30.3 Å². The molecule has 0 aliphatic carbocycles. The number of pyridine rings is 1. The standard InChI is InChI=1S/C31H21ClN2O5/c32-21-9-14-25-20(16-21)17-26(39-25)29(35)27-28(24-8-4-5-15-33-24)34(31(37)30(27)36)22-10-12-23(13-11-22)38-18-19-6-2-1-3-7-19/h1-17,28,36H,18H2. The normalized spacial score (nSPS) is 15.3. The molecular weight excluding hydrogens is 516 g/mol. The van der Waals surface area contributed by atoms with E-state index < -0.39 is 23.5 Å². The smallest absolute Gasteiger partial charge is 0.294 e. The molecule has 39 heavy (non-hydrogen) atoms. The molecule has 0 bridgehead atoms. The molecule has 5 aromatic rings. The van der Waals surface area contributed by atoms with E-state index in [0.29, 0.717) is 39.7 Å². The van der Waals surface area contributed by atoms with Crippen molar-refractivity contribution in [2.75, 3.05) is 4.90 Å². The monoisotopic (exact) mass is 536 g/mol. The fourth-order valence-electron chi connectivity index (χ4n) is 4.62. The van der Waals surface area contributed by atoms with Crippen molar-refractivity contribution in [3.05, 3.63) is 137 Å². The number of ketones is 1. The number of fused-ring (bicyclic) bond motifs is 1. The second-order valence-electron chi connectivity index (χ2n) is 8.98.